The number of piperazine rings is 1. The van der Waals surface area contributed by atoms with Crippen molar-refractivity contribution < 1.29 is 32.6 Å². The number of carbonyl (C=O) groups excluding carboxylic acids is 1. The molecule has 4 heterocycles. The van der Waals surface area contributed by atoms with Crippen molar-refractivity contribution in [2.45, 2.75) is 64.1 Å². The molecule has 0 amide bonds. The SMILES string of the molecule is CC(C)Oc1ccc(C(=O)Cn2nccn2)cc1-n1c(CN2CC3CCC(C2)N3)nc2ccccc2c1=O.O=C(O)C(F)(F)F. The number of hydrogen-bond acceptors (Lipinski definition) is 9. The van der Waals surface area contributed by atoms with Gasteiger partial charge in [0.25, 0.3) is 5.56 Å². The fourth-order valence-corrected chi connectivity index (χ4v) is 5.51. The summed E-state index contributed by atoms with van der Waals surface area (Å²) >= 11 is 0. The van der Waals surface area contributed by atoms with Crippen molar-refractivity contribution in [3.8, 4) is 11.4 Å². The van der Waals surface area contributed by atoms with E-state index >= 15 is 0 Å². The summed E-state index contributed by atoms with van der Waals surface area (Å²) in [5.41, 5.74) is 1.43. The summed E-state index contributed by atoms with van der Waals surface area (Å²) in [7, 11) is 0. The number of rotatable bonds is 8. The Labute approximate surface area is 255 Å². The van der Waals surface area contributed by atoms with Gasteiger partial charge in [0.1, 0.15) is 18.1 Å². The maximum Gasteiger partial charge on any atom is 0.490 e. The van der Waals surface area contributed by atoms with Crippen LogP contribution in [-0.2, 0) is 17.9 Å². The Morgan fingerprint density at radius 3 is 2.33 bits per heavy atom. The molecule has 4 aromatic rings. The minimum absolute atomic E-state index is 0.00188. The molecule has 2 aromatic heterocycles. The summed E-state index contributed by atoms with van der Waals surface area (Å²) in [5, 5.41) is 19.4. The summed E-state index contributed by atoms with van der Waals surface area (Å²) in [6.07, 6.45) is 0.196. The van der Waals surface area contributed by atoms with E-state index in [9.17, 15) is 22.8 Å². The molecular formula is C30H32F3N7O5. The molecule has 2 saturated heterocycles. The van der Waals surface area contributed by atoms with Crippen LogP contribution in [0.5, 0.6) is 5.75 Å². The van der Waals surface area contributed by atoms with Crippen LogP contribution in [0.15, 0.2) is 59.7 Å². The van der Waals surface area contributed by atoms with E-state index in [4.69, 9.17) is 19.6 Å². The average molecular weight is 628 g/mol. The molecule has 0 saturated carbocycles. The molecule has 15 heteroatoms. The van der Waals surface area contributed by atoms with E-state index in [0.29, 0.717) is 52.4 Å². The van der Waals surface area contributed by atoms with Crippen molar-refractivity contribution >= 4 is 22.7 Å². The highest BCUT2D eigenvalue weighted by Crippen LogP contribution is 2.28. The summed E-state index contributed by atoms with van der Waals surface area (Å²) in [4.78, 5) is 44.8. The third-order valence-electron chi connectivity index (χ3n) is 7.38. The van der Waals surface area contributed by atoms with Crippen LogP contribution in [0, 0.1) is 0 Å². The number of carboxylic acid groups (broad SMARTS) is 1. The molecular weight excluding hydrogens is 595 g/mol. The minimum atomic E-state index is -5.08. The van der Waals surface area contributed by atoms with Crippen LogP contribution in [0.4, 0.5) is 13.2 Å². The van der Waals surface area contributed by atoms with Gasteiger partial charge in [0.2, 0.25) is 0 Å². The van der Waals surface area contributed by atoms with Gasteiger partial charge in [0.15, 0.2) is 5.78 Å². The second-order valence-corrected chi connectivity index (χ2v) is 11.2. The Morgan fingerprint density at radius 2 is 1.71 bits per heavy atom. The lowest BCUT2D eigenvalue weighted by molar-refractivity contribution is -0.192. The van der Waals surface area contributed by atoms with Crippen LogP contribution in [0.3, 0.4) is 0 Å². The molecule has 0 aliphatic carbocycles. The lowest BCUT2D eigenvalue weighted by atomic mass is 10.1. The van der Waals surface area contributed by atoms with Gasteiger partial charge in [-0.1, -0.05) is 12.1 Å². The summed E-state index contributed by atoms with van der Waals surface area (Å²) in [6, 6.07) is 13.5. The number of aromatic nitrogens is 5. The standard InChI is InChI=1S/C28H31N7O3.C2HF3O2/c1-18(2)38-26-10-7-19(25(36)16-34-29-11-12-30-34)13-24(26)35-27(17-33-14-20-8-9-21(15-33)31-20)32-23-6-4-3-5-22(23)28(35)37;3-2(4,5)1(6)7/h3-7,10-13,18,20-21,31H,8-9,14-17H2,1-2H3;(H,6,7). The van der Waals surface area contributed by atoms with Crippen LogP contribution >= 0.6 is 0 Å². The molecule has 0 radical (unpaired) electrons. The number of nitrogens with zero attached hydrogens (tertiary/aromatic N) is 6. The van der Waals surface area contributed by atoms with Crippen LogP contribution in [-0.4, -0.2) is 83.8 Å². The van der Waals surface area contributed by atoms with E-state index in [0.717, 1.165) is 13.1 Å². The second-order valence-electron chi connectivity index (χ2n) is 11.2. The van der Waals surface area contributed by atoms with Gasteiger partial charge in [-0.05, 0) is 57.0 Å². The molecule has 2 aliphatic rings. The largest absolute Gasteiger partial charge is 0.490 e. The zero-order valence-electron chi connectivity index (χ0n) is 24.6. The molecule has 2 atom stereocenters. The van der Waals surface area contributed by atoms with Crippen LogP contribution in [0.25, 0.3) is 16.6 Å². The number of ether oxygens (including phenoxy) is 1. The van der Waals surface area contributed by atoms with E-state index in [-0.39, 0.29) is 24.0 Å². The molecule has 45 heavy (non-hydrogen) atoms. The Balaban J connectivity index is 0.000000515. The first-order chi connectivity index (χ1) is 21.4. The Kier molecular flexibility index (Phi) is 9.29. The third kappa shape index (κ3) is 7.54. The lowest BCUT2D eigenvalue weighted by Gasteiger charge is -2.33. The number of hydrogen-bond donors (Lipinski definition) is 2. The minimum Gasteiger partial charge on any atom is -0.489 e. The maximum absolute atomic E-state index is 14.0. The number of benzene rings is 2. The Morgan fingerprint density at radius 1 is 1.07 bits per heavy atom. The van der Waals surface area contributed by atoms with Crippen molar-refractivity contribution in [3.63, 3.8) is 0 Å². The van der Waals surface area contributed by atoms with Gasteiger partial charge in [-0.3, -0.25) is 19.1 Å². The zero-order valence-corrected chi connectivity index (χ0v) is 24.6. The number of fused-ring (bicyclic) bond motifs is 3. The van der Waals surface area contributed by atoms with E-state index in [1.165, 1.54) is 30.0 Å². The first-order valence-electron chi connectivity index (χ1n) is 14.4. The van der Waals surface area contributed by atoms with Crippen molar-refractivity contribution in [1.82, 2.24) is 34.8 Å². The van der Waals surface area contributed by atoms with Crippen LogP contribution in [0.1, 0.15) is 42.9 Å². The highest BCUT2D eigenvalue weighted by atomic mass is 19.4. The van der Waals surface area contributed by atoms with Gasteiger partial charge < -0.3 is 15.2 Å². The molecule has 2 N–H and O–H groups in total. The quantitative estimate of drug-likeness (QED) is 0.280. The molecule has 2 unspecified atom stereocenters. The van der Waals surface area contributed by atoms with Crippen LogP contribution < -0.4 is 15.6 Å². The number of halogens is 3. The van der Waals surface area contributed by atoms with Gasteiger partial charge in [-0.25, -0.2) is 9.78 Å². The molecule has 0 spiro atoms. The molecule has 2 bridgehead atoms. The molecule has 2 aromatic carbocycles. The highest BCUT2D eigenvalue weighted by molar-refractivity contribution is 5.96. The normalized spacial score (nSPS) is 18.1. The maximum atomic E-state index is 14.0. The van der Waals surface area contributed by atoms with Crippen LogP contribution in [0.2, 0.25) is 0 Å². The average Bonchev–Trinajstić information content (AvgIpc) is 3.62. The van der Waals surface area contributed by atoms with Gasteiger partial charge in [0.05, 0.1) is 41.6 Å². The zero-order chi connectivity index (χ0) is 32.3. The second kappa shape index (κ2) is 13.2. The van der Waals surface area contributed by atoms with E-state index < -0.39 is 12.1 Å². The van der Waals surface area contributed by atoms with Gasteiger partial charge in [-0.15, -0.1) is 0 Å². The van der Waals surface area contributed by atoms with Crippen molar-refractivity contribution in [3.05, 3.63) is 76.6 Å². The number of para-hydroxylation sites is 1. The van der Waals surface area contributed by atoms with E-state index in [2.05, 4.69) is 20.4 Å². The highest BCUT2D eigenvalue weighted by Gasteiger charge is 2.38. The molecule has 238 valence electrons. The van der Waals surface area contributed by atoms with Gasteiger partial charge >= 0.3 is 12.1 Å². The number of likely N-dealkylation sites (tertiary alicyclic amines) is 1. The predicted molar refractivity (Wildman–Crippen MR) is 156 cm³/mol. The number of alkyl halides is 3. The molecule has 12 nitrogen and oxygen atoms in total. The van der Waals surface area contributed by atoms with Crippen molar-refractivity contribution in [1.29, 1.82) is 0 Å². The number of carboxylic acids is 1. The number of aliphatic carboxylic acids is 1. The number of Topliss-reactive ketones (excluding diaryl/α,β-unsaturated/α-hetero) is 1. The van der Waals surface area contributed by atoms with Crippen molar-refractivity contribution in [2.75, 3.05) is 13.1 Å². The van der Waals surface area contributed by atoms with E-state index in [1.54, 1.807) is 28.8 Å². The number of carbonyl (C=O) groups is 2. The lowest BCUT2D eigenvalue weighted by Crippen LogP contribution is -2.51. The van der Waals surface area contributed by atoms with Gasteiger partial charge in [-0.2, -0.15) is 28.2 Å². The van der Waals surface area contributed by atoms with Crippen molar-refractivity contribution in [2.24, 2.45) is 0 Å². The molecule has 2 fully saturated rings. The fraction of sp³-hybridized carbons (Fsp3) is 0.400. The Hall–Kier alpha value is -4.63. The molecule has 2 aliphatic heterocycles. The summed E-state index contributed by atoms with van der Waals surface area (Å²) in [5.74, 6) is -1.77. The number of ketones is 1. The number of nitrogens with one attached hydrogen (secondary N) is 1. The first kappa shape index (κ1) is 31.8. The van der Waals surface area contributed by atoms with Gasteiger partial charge in [0, 0.05) is 30.7 Å². The fourth-order valence-electron chi connectivity index (χ4n) is 5.51. The topological polar surface area (TPSA) is 144 Å². The summed E-state index contributed by atoms with van der Waals surface area (Å²) in [6.45, 7) is 6.20. The molecule has 6 rings (SSSR count). The van der Waals surface area contributed by atoms with E-state index in [1.807, 2.05) is 32.0 Å². The smallest absolute Gasteiger partial charge is 0.489 e. The first-order valence-corrected chi connectivity index (χ1v) is 14.4. The third-order valence-corrected chi connectivity index (χ3v) is 7.38. The Bertz CT molecular complexity index is 1730. The summed E-state index contributed by atoms with van der Waals surface area (Å²) < 4.78 is 39.5. The monoisotopic (exact) mass is 627 g/mol. The predicted octanol–water partition coefficient (Wildman–Crippen LogP) is 3.22.